The molecular formula is C24H24Cl2N6O. The van der Waals surface area contributed by atoms with Crippen LogP contribution in [0, 0.1) is 0 Å². The van der Waals surface area contributed by atoms with E-state index in [4.69, 9.17) is 33.9 Å². The lowest BCUT2D eigenvalue weighted by molar-refractivity contribution is 0.313. The van der Waals surface area contributed by atoms with Crippen LogP contribution in [0.5, 0.6) is 0 Å². The number of fused-ring (bicyclic) bond motifs is 2. The lowest BCUT2D eigenvalue weighted by Crippen LogP contribution is -2.33. The maximum Gasteiger partial charge on any atom is 0.260 e. The molecule has 4 aromatic rings. The van der Waals surface area contributed by atoms with E-state index in [2.05, 4.69) is 14.9 Å². The fourth-order valence-corrected chi connectivity index (χ4v) is 5.10. The van der Waals surface area contributed by atoms with Gasteiger partial charge in [0.1, 0.15) is 11.3 Å². The molecule has 0 aliphatic carbocycles. The van der Waals surface area contributed by atoms with Crippen LogP contribution in [-0.2, 0) is 6.54 Å². The van der Waals surface area contributed by atoms with Crippen molar-refractivity contribution in [2.75, 3.05) is 19.6 Å². The van der Waals surface area contributed by atoms with E-state index in [9.17, 15) is 4.79 Å². The van der Waals surface area contributed by atoms with Crippen molar-refractivity contribution < 1.29 is 0 Å². The van der Waals surface area contributed by atoms with E-state index in [0.717, 1.165) is 48.5 Å². The largest absolute Gasteiger partial charge is 0.323 e. The number of aromatic nitrogens is 4. The van der Waals surface area contributed by atoms with Gasteiger partial charge in [-0.05, 0) is 49.5 Å². The summed E-state index contributed by atoms with van der Waals surface area (Å²) in [5.74, 6) is 0.928. The SMILES string of the molecule is C[C@H](N)c1cc2cccc(Cl)c2c(=O)n1CCN1CCC(c2nc(Cl)c3ncccc3n2)C1. The first kappa shape index (κ1) is 22.2. The number of hydrogen-bond acceptors (Lipinski definition) is 6. The van der Waals surface area contributed by atoms with E-state index < -0.39 is 0 Å². The molecule has 7 nitrogen and oxygen atoms in total. The summed E-state index contributed by atoms with van der Waals surface area (Å²) >= 11 is 12.7. The number of likely N-dealkylation sites (tertiary alicyclic amines) is 1. The Hall–Kier alpha value is -2.58. The summed E-state index contributed by atoms with van der Waals surface area (Å²) in [5, 5.41) is 2.20. The van der Waals surface area contributed by atoms with Crippen molar-refractivity contribution in [3.63, 3.8) is 0 Å². The molecule has 1 aliphatic heterocycles. The molecule has 5 rings (SSSR count). The van der Waals surface area contributed by atoms with Crippen molar-refractivity contribution >= 4 is 45.0 Å². The van der Waals surface area contributed by atoms with Gasteiger partial charge >= 0.3 is 0 Å². The molecule has 2 N–H and O–H groups in total. The van der Waals surface area contributed by atoms with Crippen molar-refractivity contribution in [1.29, 1.82) is 0 Å². The molecule has 9 heteroatoms. The zero-order valence-corrected chi connectivity index (χ0v) is 19.7. The van der Waals surface area contributed by atoms with Gasteiger partial charge in [-0.3, -0.25) is 9.78 Å². The van der Waals surface area contributed by atoms with Crippen molar-refractivity contribution in [1.82, 2.24) is 24.4 Å². The second-order valence-corrected chi connectivity index (χ2v) is 9.31. The summed E-state index contributed by atoms with van der Waals surface area (Å²) in [7, 11) is 0. The molecule has 1 aromatic carbocycles. The summed E-state index contributed by atoms with van der Waals surface area (Å²) < 4.78 is 1.77. The molecule has 2 atom stereocenters. The molecule has 0 bridgehead atoms. The summed E-state index contributed by atoms with van der Waals surface area (Å²) in [6.07, 6.45) is 2.62. The Morgan fingerprint density at radius 1 is 1.18 bits per heavy atom. The normalized spacial score (nSPS) is 17.8. The van der Waals surface area contributed by atoms with Gasteiger partial charge in [-0.25, -0.2) is 9.97 Å². The Kier molecular flexibility index (Phi) is 6.05. The molecule has 1 aliphatic rings. The molecule has 1 fully saturated rings. The van der Waals surface area contributed by atoms with Gasteiger partial charge in [-0.1, -0.05) is 35.3 Å². The van der Waals surface area contributed by atoms with Gasteiger partial charge in [0.2, 0.25) is 0 Å². The smallest absolute Gasteiger partial charge is 0.260 e. The van der Waals surface area contributed by atoms with E-state index in [0.29, 0.717) is 27.6 Å². The quantitative estimate of drug-likeness (QED) is 0.429. The molecule has 0 radical (unpaired) electrons. The van der Waals surface area contributed by atoms with Crippen LogP contribution in [0.1, 0.15) is 36.8 Å². The van der Waals surface area contributed by atoms with Gasteiger partial charge in [0.25, 0.3) is 5.56 Å². The first-order valence-corrected chi connectivity index (χ1v) is 11.8. The Morgan fingerprint density at radius 2 is 2.03 bits per heavy atom. The minimum atomic E-state index is -0.269. The molecule has 1 unspecified atom stereocenters. The number of hydrogen-bond donors (Lipinski definition) is 1. The highest BCUT2D eigenvalue weighted by atomic mass is 35.5. The summed E-state index contributed by atoms with van der Waals surface area (Å²) in [6.45, 7) is 4.84. The molecule has 1 saturated heterocycles. The number of rotatable bonds is 5. The van der Waals surface area contributed by atoms with Crippen molar-refractivity contribution in [2.24, 2.45) is 5.73 Å². The predicted octanol–water partition coefficient (Wildman–Crippen LogP) is 4.16. The van der Waals surface area contributed by atoms with Crippen LogP contribution in [0.3, 0.4) is 0 Å². The maximum absolute atomic E-state index is 13.3. The summed E-state index contributed by atoms with van der Waals surface area (Å²) in [6, 6.07) is 10.9. The molecular weight excluding hydrogens is 459 g/mol. The van der Waals surface area contributed by atoms with Crippen LogP contribution in [0.25, 0.3) is 21.8 Å². The van der Waals surface area contributed by atoms with Crippen LogP contribution >= 0.6 is 23.2 Å². The Labute approximate surface area is 201 Å². The minimum absolute atomic E-state index is 0.0988. The third kappa shape index (κ3) is 4.22. The molecule has 3 aromatic heterocycles. The van der Waals surface area contributed by atoms with Gasteiger partial charge in [0, 0.05) is 43.5 Å². The van der Waals surface area contributed by atoms with Gasteiger partial charge in [-0.2, -0.15) is 0 Å². The van der Waals surface area contributed by atoms with E-state index in [-0.39, 0.29) is 17.5 Å². The Morgan fingerprint density at radius 3 is 2.85 bits per heavy atom. The predicted molar refractivity (Wildman–Crippen MR) is 132 cm³/mol. The van der Waals surface area contributed by atoms with Crippen LogP contribution in [0.4, 0.5) is 0 Å². The Balaban J connectivity index is 1.37. The lowest BCUT2D eigenvalue weighted by atomic mass is 10.1. The molecule has 0 amide bonds. The topological polar surface area (TPSA) is 89.9 Å². The molecule has 4 heterocycles. The summed E-state index contributed by atoms with van der Waals surface area (Å²) in [4.78, 5) is 29.1. The highest BCUT2D eigenvalue weighted by Gasteiger charge is 2.27. The number of benzene rings is 1. The van der Waals surface area contributed by atoms with E-state index in [1.54, 1.807) is 16.8 Å². The average molecular weight is 483 g/mol. The maximum atomic E-state index is 13.3. The van der Waals surface area contributed by atoms with E-state index in [1.165, 1.54) is 0 Å². The van der Waals surface area contributed by atoms with Crippen LogP contribution in [0.15, 0.2) is 47.4 Å². The third-order valence-corrected chi connectivity index (χ3v) is 6.87. The molecule has 170 valence electrons. The fourth-order valence-electron chi connectivity index (χ4n) is 4.60. The standard InChI is InChI=1S/C24H24Cl2N6O/c1-14(27)19-12-15-4-2-5-17(25)20(15)24(33)32(19)11-10-31-9-7-16(13-31)23-29-18-6-3-8-28-21(18)22(26)30-23/h2-6,8,12,14,16H,7,9-11,13,27H2,1H3/t14-,16?/m0/s1. The van der Waals surface area contributed by atoms with Gasteiger partial charge in [0.05, 0.1) is 15.9 Å². The third-order valence-electron chi connectivity index (χ3n) is 6.29. The molecule has 0 spiro atoms. The monoisotopic (exact) mass is 482 g/mol. The zero-order chi connectivity index (χ0) is 23.1. The van der Waals surface area contributed by atoms with E-state index in [1.807, 2.05) is 37.3 Å². The van der Waals surface area contributed by atoms with Crippen LogP contribution in [0.2, 0.25) is 10.2 Å². The highest BCUT2D eigenvalue weighted by Crippen LogP contribution is 2.28. The minimum Gasteiger partial charge on any atom is -0.323 e. The first-order chi connectivity index (χ1) is 15.9. The highest BCUT2D eigenvalue weighted by molar-refractivity contribution is 6.35. The molecule has 0 saturated carbocycles. The summed E-state index contributed by atoms with van der Waals surface area (Å²) in [5.41, 5.74) is 8.30. The van der Waals surface area contributed by atoms with Crippen molar-refractivity contribution in [2.45, 2.75) is 31.8 Å². The fraction of sp³-hybridized carbons (Fsp3) is 0.333. The van der Waals surface area contributed by atoms with Gasteiger partial charge in [-0.15, -0.1) is 0 Å². The van der Waals surface area contributed by atoms with Crippen molar-refractivity contribution in [3.8, 4) is 0 Å². The lowest BCUT2D eigenvalue weighted by Gasteiger charge is -2.21. The number of halogens is 2. The second-order valence-electron chi connectivity index (χ2n) is 8.55. The number of nitrogens with two attached hydrogens (primary N) is 1. The molecule has 33 heavy (non-hydrogen) atoms. The second kappa shape index (κ2) is 8.99. The van der Waals surface area contributed by atoms with Crippen molar-refractivity contribution in [3.05, 3.63) is 74.6 Å². The van der Waals surface area contributed by atoms with Crippen LogP contribution < -0.4 is 11.3 Å². The average Bonchev–Trinajstić information content (AvgIpc) is 3.27. The first-order valence-electron chi connectivity index (χ1n) is 11.0. The van der Waals surface area contributed by atoms with E-state index >= 15 is 0 Å². The van der Waals surface area contributed by atoms with Gasteiger partial charge in [0.15, 0.2) is 5.15 Å². The van der Waals surface area contributed by atoms with Crippen LogP contribution in [-0.4, -0.2) is 44.1 Å². The Bertz CT molecular complexity index is 1400. The van der Waals surface area contributed by atoms with Gasteiger partial charge < -0.3 is 15.2 Å². The number of pyridine rings is 2. The zero-order valence-electron chi connectivity index (χ0n) is 18.2. The number of nitrogens with zero attached hydrogens (tertiary/aromatic N) is 5.